The lowest BCUT2D eigenvalue weighted by atomic mass is 10.3. The summed E-state index contributed by atoms with van der Waals surface area (Å²) < 4.78 is 13.8. The number of halogens is 1. The number of aryl methyl sites for hydroxylation is 1. The van der Waals surface area contributed by atoms with Crippen molar-refractivity contribution >= 4 is 29.2 Å². The molecule has 0 aliphatic rings. The maximum Gasteiger partial charge on any atom is 0.302 e. The second-order valence-corrected chi connectivity index (χ2v) is 6.14. The monoisotopic (exact) mass is 378 g/mol. The van der Waals surface area contributed by atoms with Gasteiger partial charge in [0.15, 0.2) is 5.15 Å². The van der Waals surface area contributed by atoms with Crippen LogP contribution in [0.5, 0.6) is 5.88 Å². The zero-order valence-electron chi connectivity index (χ0n) is 14.9. The third-order valence-corrected chi connectivity index (χ3v) is 3.88. The van der Waals surface area contributed by atoms with Crippen molar-refractivity contribution < 1.29 is 14.3 Å². The molecule has 0 saturated carbocycles. The van der Waals surface area contributed by atoms with Crippen molar-refractivity contribution in [3.63, 3.8) is 0 Å². The van der Waals surface area contributed by atoms with Gasteiger partial charge in [0, 0.05) is 25.4 Å². The average Bonchev–Trinajstić information content (AvgIpc) is 3.18. The van der Waals surface area contributed by atoms with Gasteiger partial charge < -0.3 is 14.8 Å². The Morgan fingerprint density at radius 3 is 2.92 bits per heavy atom. The molecule has 0 saturated heterocycles. The van der Waals surface area contributed by atoms with Crippen molar-refractivity contribution in [1.82, 2.24) is 24.1 Å². The highest BCUT2D eigenvalue weighted by Crippen LogP contribution is 2.31. The van der Waals surface area contributed by atoms with Gasteiger partial charge in [-0.05, 0) is 13.8 Å². The van der Waals surface area contributed by atoms with Gasteiger partial charge >= 0.3 is 5.97 Å². The van der Waals surface area contributed by atoms with Crippen molar-refractivity contribution in [2.45, 2.75) is 26.8 Å². The maximum atomic E-state index is 11.1. The number of nitrogens with one attached hydrogen (secondary N) is 1. The number of anilines is 1. The van der Waals surface area contributed by atoms with E-state index in [1.807, 2.05) is 13.8 Å². The van der Waals surface area contributed by atoms with Crippen LogP contribution in [0.2, 0.25) is 5.15 Å². The number of carbonyl (C=O) groups excluding carboxylic acids is 1. The molecule has 0 aliphatic heterocycles. The van der Waals surface area contributed by atoms with Crippen LogP contribution in [-0.2, 0) is 9.53 Å². The van der Waals surface area contributed by atoms with Crippen LogP contribution in [0, 0.1) is 6.92 Å². The minimum absolute atomic E-state index is 0.190. The number of nitrogens with zero attached hydrogens (tertiary/aromatic N) is 5. The smallest absolute Gasteiger partial charge is 0.302 e. The minimum Gasteiger partial charge on any atom is -0.481 e. The molecular formula is C16H19ClN6O3. The zero-order chi connectivity index (χ0) is 18.8. The Bertz CT molecular complexity index is 951. The number of hydrogen-bond acceptors (Lipinski definition) is 7. The Labute approximate surface area is 154 Å². The number of carbonyl (C=O) groups is 1. The minimum atomic E-state index is -0.344. The van der Waals surface area contributed by atoms with Gasteiger partial charge in [-0.2, -0.15) is 14.8 Å². The molecular weight excluding hydrogens is 360 g/mol. The molecule has 0 aromatic carbocycles. The quantitative estimate of drug-likeness (QED) is 0.519. The molecule has 138 valence electrons. The summed E-state index contributed by atoms with van der Waals surface area (Å²) in [7, 11) is 1.56. The summed E-state index contributed by atoms with van der Waals surface area (Å²) in [5.74, 6) is 1.22. The number of esters is 1. The topological polar surface area (TPSA) is 95.6 Å². The van der Waals surface area contributed by atoms with Crippen LogP contribution in [-0.4, -0.2) is 49.9 Å². The second kappa shape index (κ2) is 7.20. The molecule has 3 aromatic heterocycles. The van der Waals surface area contributed by atoms with Crippen molar-refractivity contribution in [2.75, 3.05) is 19.0 Å². The van der Waals surface area contributed by atoms with E-state index in [1.165, 1.54) is 6.92 Å². The molecule has 26 heavy (non-hydrogen) atoms. The van der Waals surface area contributed by atoms with Crippen LogP contribution in [0.4, 0.5) is 5.82 Å². The van der Waals surface area contributed by atoms with Crippen LogP contribution in [0.3, 0.4) is 0 Å². The molecule has 10 heteroatoms. The number of fused-ring (bicyclic) bond motifs is 1. The molecule has 0 radical (unpaired) electrons. The normalized spacial score (nSPS) is 12.2. The SMILES string of the molecule is COc1cc(C)nn1-c1c(Cl)nc2nccn2c1NC(C)COC(C)=O. The highest BCUT2D eigenvalue weighted by Gasteiger charge is 2.22. The Hall–Kier alpha value is -2.81. The van der Waals surface area contributed by atoms with E-state index in [2.05, 4.69) is 20.4 Å². The average molecular weight is 379 g/mol. The first kappa shape index (κ1) is 18.0. The molecule has 1 unspecified atom stereocenters. The van der Waals surface area contributed by atoms with Crippen LogP contribution in [0.15, 0.2) is 18.5 Å². The van der Waals surface area contributed by atoms with E-state index in [9.17, 15) is 4.79 Å². The Balaban J connectivity index is 2.12. The number of rotatable bonds is 6. The van der Waals surface area contributed by atoms with E-state index in [4.69, 9.17) is 21.1 Å². The lowest BCUT2D eigenvalue weighted by molar-refractivity contribution is -0.141. The fourth-order valence-corrected chi connectivity index (χ4v) is 2.77. The van der Waals surface area contributed by atoms with Crippen LogP contribution in [0.1, 0.15) is 19.5 Å². The molecule has 0 fully saturated rings. The molecule has 0 amide bonds. The molecule has 0 aliphatic carbocycles. The van der Waals surface area contributed by atoms with Crippen molar-refractivity contribution in [1.29, 1.82) is 0 Å². The summed E-state index contributed by atoms with van der Waals surface area (Å²) in [5.41, 5.74) is 1.28. The van der Waals surface area contributed by atoms with E-state index >= 15 is 0 Å². The molecule has 9 nitrogen and oxygen atoms in total. The Morgan fingerprint density at radius 2 is 2.23 bits per heavy atom. The van der Waals surface area contributed by atoms with E-state index in [1.54, 1.807) is 34.7 Å². The standard InChI is InChI=1S/C16H19ClN6O3/c1-9-7-12(25-4)23(21-9)13-14(17)20-16-18-5-6-22(16)15(13)19-10(2)8-26-11(3)24/h5-7,10,19H,8H2,1-4H3. The molecule has 0 spiro atoms. The van der Waals surface area contributed by atoms with E-state index in [0.29, 0.717) is 23.2 Å². The summed E-state index contributed by atoms with van der Waals surface area (Å²) in [4.78, 5) is 19.6. The third kappa shape index (κ3) is 3.43. The number of imidazole rings is 1. The van der Waals surface area contributed by atoms with Crippen LogP contribution < -0.4 is 10.1 Å². The fraction of sp³-hybridized carbons (Fsp3) is 0.375. The van der Waals surface area contributed by atoms with Gasteiger partial charge in [-0.25, -0.2) is 4.98 Å². The first-order valence-corrected chi connectivity index (χ1v) is 8.32. The summed E-state index contributed by atoms with van der Waals surface area (Å²) in [6.45, 7) is 5.30. The highest BCUT2D eigenvalue weighted by atomic mass is 35.5. The van der Waals surface area contributed by atoms with Crippen molar-refractivity contribution in [3.05, 3.63) is 29.3 Å². The zero-order valence-corrected chi connectivity index (χ0v) is 15.6. The number of hydrogen-bond donors (Lipinski definition) is 1. The predicted octanol–water partition coefficient (Wildman–Crippen LogP) is 2.25. The third-order valence-electron chi connectivity index (χ3n) is 3.62. The lowest BCUT2D eigenvalue weighted by Crippen LogP contribution is -2.25. The molecule has 3 heterocycles. The summed E-state index contributed by atoms with van der Waals surface area (Å²) in [6, 6.07) is 1.60. The van der Waals surface area contributed by atoms with E-state index < -0.39 is 0 Å². The maximum absolute atomic E-state index is 11.1. The molecule has 1 atom stereocenters. The largest absolute Gasteiger partial charge is 0.481 e. The highest BCUT2D eigenvalue weighted by molar-refractivity contribution is 6.31. The van der Waals surface area contributed by atoms with Gasteiger partial charge in [0.05, 0.1) is 18.8 Å². The first-order chi connectivity index (χ1) is 12.4. The van der Waals surface area contributed by atoms with E-state index in [-0.39, 0.29) is 23.8 Å². The van der Waals surface area contributed by atoms with Gasteiger partial charge in [0.2, 0.25) is 11.7 Å². The second-order valence-electron chi connectivity index (χ2n) is 5.78. The number of ether oxygens (including phenoxy) is 2. The summed E-state index contributed by atoms with van der Waals surface area (Å²) in [5, 5.41) is 7.97. The summed E-state index contributed by atoms with van der Waals surface area (Å²) >= 11 is 6.44. The molecule has 3 aromatic rings. The van der Waals surface area contributed by atoms with Crippen molar-refractivity contribution in [3.8, 4) is 11.6 Å². The van der Waals surface area contributed by atoms with Gasteiger partial charge in [0.25, 0.3) is 0 Å². The molecule has 0 bridgehead atoms. The van der Waals surface area contributed by atoms with Crippen LogP contribution in [0.25, 0.3) is 11.5 Å². The van der Waals surface area contributed by atoms with Crippen molar-refractivity contribution in [2.24, 2.45) is 0 Å². The number of aromatic nitrogens is 5. The van der Waals surface area contributed by atoms with Crippen LogP contribution >= 0.6 is 11.6 Å². The predicted molar refractivity (Wildman–Crippen MR) is 96.1 cm³/mol. The van der Waals surface area contributed by atoms with Gasteiger partial charge in [-0.1, -0.05) is 11.6 Å². The van der Waals surface area contributed by atoms with Gasteiger partial charge in [0.1, 0.15) is 18.1 Å². The fourth-order valence-electron chi connectivity index (χ4n) is 2.53. The van der Waals surface area contributed by atoms with Gasteiger partial charge in [-0.15, -0.1) is 0 Å². The Kier molecular flexibility index (Phi) is 4.99. The number of methoxy groups -OCH3 is 1. The molecule has 1 N–H and O–H groups in total. The van der Waals surface area contributed by atoms with E-state index in [0.717, 1.165) is 5.69 Å². The first-order valence-electron chi connectivity index (χ1n) is 7.94. The Morgan fingerprint density at radius 1 is 1.46 bits per heavy atom. The lowest BCUT2D eigenvalue weighted by Gasteiger charge is -2.20. The molecule has 3 rings (SSSR count). The summed E-state index contributed by atoms with van der Waals surface area (Å²) in [6.07, 6.45) is 3.38. The van der Waals surface area contributed by atoms with Gasteiger partial charge in [-0.3, -0.25) is 9.20 Å².